The van der Waals surface area contributed by atoms with Crippen LogP contribution >= 0.6 is 15.9 Å². The third-order valence-corrected chi connectivity index (χ3v) is 4.02. The molecule has 4 heteroatoms. The molecular weight excluding hydrogens is 288 g/mol. The third-order valence-electron chi connectivity index (χ3n) is 3.27. The molecule has 0 amide bonds. The number of hydrogen-bond acceptors (Lipinski definition) is 1. The van der Waals surface area contributed by atoms with Gasteiger partial charge < -0.3 is 0 Å². The summed E-state index contributed by atoms with van der Waals surface area (Å²) < 4.78 is 28.1. The first-order valence-electron chi connectivity index (χ1n) is 5.87. The van der Waals surface area contributed by atoms with Crippen molar-refractivity contribution in [2.24, 2.45) is 0 Å². The molecule has 0 N–H and O–H groups in total. The van der Waals surface area contributed by atoms with Crippen LogP contribution < -0.4 is 0 Å². The van der Waals surface area contributed by atoms with Crippen molar-refractivity contribution in [1.29, 1.82) is 0 Å². The molecule has 1 atom stereocenters. The summed E-state index contributed by atoms with van der Waals surface area (Å²) in [4.78, 5) is 1.89. The van der Waals surface area contributed by atoms with Crippen molar-refractivity contribution >= 4 is 15.9 Å². The van der Waals surface area contributed by atoms with Gasteiger partial charge in [-0.2, -0.15) is 8.78 Å². The monoisotopic (exact) mass is 303 g/mol. The third kappa shape index (κ3) is 3.05. The Bertz CT molecular complexity index is 356. The first-order valence-corrected chi connectivity index (χ1v) is 6.99. The van der Waals surface area contributed by atoms with Crippen molar-refractivity contribution in [2.45, 2.75) is 24.8 Å². The van der Waals surface area contributed by atoms with Gasteiger partial charge in [0.25, 0.3) is 5.92 Å². The van der Waals surface area contributed by atoms with Crippen molar-refractivity contribution in [1.82, 2.24) is 4.90 Å². The van der Waals surface area contributed by atoms with E-state index in [0.717, 1.165) is 24.7 Å². The van der Waals surface area contributed by atoms with Crippen LogP contribution in [0.15, 0.2) is 30.3 Å². The summed E-state index contributed by atoms with van der Waals surface area (Å²) in [5.74, 6) is -2.76. The number of rotatable bonds is 4. The van der Waals surface area contributed by atoms with Crippen LogP contribution in [0.5, 0.6) is 0 Å². The van der Waals surface area contributed by atoms with Crippen LogP contribution in [0.2, 0.25) is 0 Å². The lowest BCUT2D eigenvalue weighted by molar-refractivity contribution is -0.0391. The van der Waals surface area contributed by atoms with Crippen LogP contribution in [0.4, 0.5) is 8.78 Å². The molecule has 0 bridgehead atoms. The van der Waals surface area contributed by atoms with E-state index in [-0.39, 0.29) is 18.2 Å². The Kier molecular flexibility index (Phi) is 4.15. The van der Waals surface area contributed by atoms with E-state index >= 15 is 0 Å². The van der Waals surface area contributed by atoms with Gasteiger partial charge in [0.15, 0.2) is 0 Å². The second-order valence-corrected chi connectivity index (χ2v) is 5.14. The van der Waals surface area contributed by atoms with Crippen LogP contribution in [-0.4, -0.2) is 29.4 Å². The molecule has 1 aromatic carbocycles. The molecule has 1 saturated heterocycles. The minimum atomic E-state index is -2.76. The van der Waals surface area contributed by atoms with Crippen LogP contribution in [0.3, 0.4) is 0 Å². The maximum absolute atomic E-state index is 14.1. The smallest absolute Gasteiger partial charge is 0.285 e. The van der Waals surface area contributed by atoms with E-state index in [9.17, 15) is 8.78 Å². The van der Waals surface area contributed by atoms with Gasteiger partial charge in [-0.25, -0.2) is 0 Å². The fourth-order valence-electron chi connectivity index (χ4n) is 2.31. The molecule has 1 fully saturated rings. The molecule has 0 saturated carbocycles. The van der Waals surface area contributed by atoms with Gasteiger partial charge in [-0.3, -0.25) is 4.90 Å². The van der Waals surface area contributed by atoms with E-state index < -0.39 is 5.92 Å². The molecule has 0 spiro atoms. The van der Waals surface area contributed by atoms with Gasteiger partial charge in [-0.15, -0.1) is 0 Å². The van der Waals surface area contributed by atoms with Crippen molar-refractivity contribution in [3.8, 4) is 0 Å². The molecule has 0 aliphatic carbocycles. The average molecular weight is 304 g/mol. The van der Waals surface area contributed by atoms with Gasteiger partial charge >= 0.3 is 0 Å². The predicted molar refractivity (Wildman–Crippen MR) is 68.7 cm³/mol. The number of likely N-dealkylation sites (tertiary alicyclic amines) is 1. The second kappa shape index (κ2) is 5.44. The van der Waals surface area contributed by atoms with E-state index in [1.165, 1.54) is 12.1 Å². The molecule has 1 aromatic rings. The highest BCUT2D eigenvalue weighted by atomic mass is 79.9. The standard InChI is InChI=1S/C13H16BrF2N/c14-9-12-7-4-8-17(12)10-13(15,16)11-5-2-1-3-6-11/h1-3,5-6,12H,4,7-10H2. The topological polar surface area (TPSA) is 3.24 Å². The zero-order valence-electron chi connectivity index (χ0n) is 9.58. The summed E-state index contributed by atoms with van der Waals surface area (Å²) >= 11 is 3.39. The number of hydrogen-bond donors (Lipinski definition) is 0. The molecule has 2 rings (SSSR count). The van der Waals surface area contributed by atoms with Crippen molar-refractivity contribution in [3.63, 3.8) is 0 Å². The number of benzene rings is 1. The minimum Gasteiger partial charge on any atom is -0.293 e. The maximum atomic E-state index is 14.1. The average Bonchev–Trinajstić information content (AvgIpc) is 2.77. The van der Waals surface area contributed by atoms with Gasteiger partial charge in [-0.05, 0) is 19.4 Å². The Morgan fingerprint density at radius 2 is 2.00 bits per heavy atom. The SMILES string of the molecule is FC(F)(CN1CCCC1CBr)c1ccccc1. The maximum Gasteiger partial charge on any atom is 0.285 e. The predicted octanol–water partition coefficient (Wildman–Crippen LogP) is 3.64. The summed E-state index contributed by atoms with van der Waals surface area (Å²) in [6.45, 7) is 0.603. The van der Waals surface area contributed by atoms with Gasteiger partial charge in [0.2, 0.25) is 0 Å². The summed E-state index contributed by atoms with van der Waals surface area (Å²) in [7, 11) is 0. The van der Waals surface area contributed by atoms with E-state index in [2.05, 4.69) is 15.9 Å². The summed E-state index contributed by atoms with van der Waals surface area (Å²) in [5, 5.41) is 0.776. The highest BCUT2D eigenvalue weighted by Gasteiger charge is 2.37. The number of halogens is 3. The number of alkyl halides is 3. The highest BCUT2D eigenvalue weighted by Crippen LogP contribution is 2.31. The Morgan fingerprint density at radius 1 is 1.29 bits per heavy atom. The van der Waals surface area contributed by atoms with Crippen molar-refractivity contribution in [3.05, 3.63) is 35.9 Å². The zero-order valence-corrected chi connectivity index (χ0v) is 11.2. The molecule has 1 aliphatic heterocycles. The lowest BCUT2D eigenvalue weighted by Gasteiger charge is -2.27. The minimum absolute atomic E-state index is 0.111. The lowest BCUT2D eigenvalue weighted by atomic mass is 10.1. The van der Waals surface area contributed by atoms with E-state index in [4.69, 9.17) is 0 Å². The molecule has 17 heavy (non-hydrogen) atoms. The number of nitrogens with zero attached hydrogens (tertiary/aromatic N) is 1. The Morgan fingerprint density at radius 3 is 2.65 bits per heavy atom. The van der Waals surface area contributed by atoms with Crippen LogP contribution in [0.25, 0.3) is 0 Å². The van der Waals surface area contributed by atoms with Crippen LogP contribution in [-0.2, 0) is 5.92 Å². The van der Waals surface area contributed by atoms with Gasteiger partial charge in [-0.1, -0.05) is 46.3 Å². The van der Waals surface area contributed by atoms with E-state index in [1.807, 2.05) is 4.90 Å². The van der Waals surface area contributed by atoms with E-state index in [1.54, 1.807) is 18.2 Å². The van der Waals surface area contributed by atoms with Gasteiger partial charge in [0.05, 0.1) is 6.54 Å². The summed E-state index contributed by atoms with van der Waals surface area (Å²) in [5.41, 5.74) is 0.111. The van der Waals surface area contributed by atoms with Crippen LogP contribution in [0, 0.1) is 0 Å². The van der Waals surface area contributed by atoms with Crippen LogP contribution in [0.1, 0.15) is 18.4 Å². The molecule has 0 radical (unpaired) electrons. The quantitative estimate of drug-likeness (QED) is 0.768. The lowest BCUT2D eigenvalue weighted by Crippen LogP contribution is -2.39. The second-order valence-electron chi connectivity index (χ2n) is 4.49. The Balaban J connectivity index is 2.07. The molecule has 94 valence electrons. The van der Waals surface area contributed by atoms with Crippen molar-refractivity contribution < 1.29 is 8.78 Å². The molecular formula is C13H16BrF2N. The largest absolute Gasteiger partial charge is 0.293 e. The first-order chi connectivity index (χ1) is 8.13. The fraction of sp³-hybridized carbons (Fsp3) is 0.538. The van der Waals surface area contributed by atoms with Gasteiger partial charge in [0.1, 0.15) is 0 Å². The molecule has 1 heterocycles. The fourth-order valence-corrected chi connectivity index (χ4v) is 3.04. The zero-order chi connectivity index (χ0) is 12.3. The molecule has 0 aromatic heterocycles. The molecule has 1 unspecified atom stereocenters. The van der Waals surface area contributed by atoms with E-state index in [0.29, 0.717) is 0 Å². The van der Waals surface area contributed by atoms with Gasteiger partial charge in [0, 0.05) is 16.9 Å². The normalized spacial score (nSPS) is 21.9. The Labute approximate surface area is 109 Å². The summed E-state index contributed by atoms with van der Waals surface area (Å²) in [6.07, 6.45) is 2.03. The molecule has 1 aliphatic rings. The highest BCUT2D eigenvalue weighted by molar-refractivity contribution is 9.09. The van der Waals surface area contributed by atoms with Crippen molar-refractivity contribution in [2.75, 3.05) is 18.4 Å². The Hall–Kier alpha value is -0.480. The first kappa shape index (κ1) is 13.0. The summed E-state index contributed by atoms with van der Waals surface area (Å²) in [6, 6.07) is 8.34. The molecule has 1 nitrogen and oxygen atoms in total.